The molecule has 0 saturated carbocycles. The molecule has 0 radical (unpaired) electrons. The van der Waals surface area contributed by atoms with Crippen molar-refractivity contribution >= 4 is 28.7 Å². The molecule has 4 rings (SSSR count). The fraction of sp³-hybridized carbons (Fsp3) is 0.0833. The molecule has 1 aromatic heterocycles. The number of benzene rings is 3. The lowest BCUT2D eigenvalue weighted by Crippen LogP contribution is -2.05. The predicted octanol–water partition coefficient (Wildman–Crippen LogP) is 5.34. The summed E-state index contributed by atoms with van der Waals surface area (Å²) in [6, 6.07) is 25.9. The van der Waals surface area contributed by atoms with Gasteiger partial charge in [0.2, 0.25) is 0 Å². The summed E-state index contributed by atoms with van der Waals surface area (Å²) in [7, 11) is 0. The predicted molar refractivity (Wildman–Crippen MR) is 118 cm³/mol. The Morgan fingerprint density at radius 2 is 1.83 bits per heavy atom. The second-order valence-electron chi connectivity index (χ2n) is 6.76. The van der Waals surface area contributed by atoms with Crippen LogP contribution in [0.4, 0.5) is 0 Å². The van der Waals surface area contributed by atoms with E-state index < -0.39 is 0 Å². The monoisotopic (exact) mass is 398 g/mol. The minimum absolute atomic E-state index is 0.632. The highest BCUT2D eigenvalue weighted by Crippen LogP contribution is 2.21. The lowest BCUT2D eigenvalue weighted by atomic mass is 10.1. The molecule has 4 nitrogen and oxygen atoms in total. The minimum Gasteiger partial charge on any atom is -0.342 e. The summed E-state index contributed by atoms with van der Waals surface area (Å²) in [5.74, 6) is 0. The molecule has 0 aliphatic carbocycles. The van der Waals surface area contributed by atoms with Crippen LogP contribution in [0.25, 0.3) is 10.9 Å². The van der Waals surface area contributed by atoms with Gasteiger partial charge in [0.15, 0.2) is 0 Å². The van der Waals surface area contributed by atoms with Crippen molar-refractivity contribution in [2.45, 2.75) is 13.1 Å². The Balaban J connectivity index is 1.53. The van der Waals surface area contributed by atoms with Crippen LogP contribution in [0.3, 0.4) is 0 Å². The highest BCUT2D eigenvalue weighted by Gasteiger charge is 2.07. The molecule has 142 valence electrons. The Bertz CT molecular complexity index is 1200. The van der Waals surface area contributed by atoms with Gasteiger partial charge in [-0.2, -0.15) is 10.4 Å². The first-order valence-electron chi connectivity index (χ1n) is 9.30. The molecule has 3 aromatic carbocycles. The van der Waals surface area contributed by atoms with Gasteiger partial charge in [-0.1, -0.05) is 54.1 Å². The van der Waals surface area contributed by atoms with Gasteiger partial charge < -0.3 is 9.99 Å². The number of fused-ring (bicyclic) bond motifs is 1. The van der Waals surface area contributed by atoms with Crippen LogP contribution < -0.4 is 5.43 Å². The third-order valence-corrected chi connectivity index (χ3v) is 4.97. The van der Waals surface area contributed by atoms with E-state index in [2.05, 4.69) is 39.5 Å². The maximum absolute atomic E-state index is 9.13. The van der Waals surface area contributed by atoms with Crippen LogP contribution in [0.1, 0.15) is 22.3 Å². The topological polar surface area (TPSA) is 53.1 Å². The van der Waals surface area contributed by atoms with Gasteiger partial charge in [-0.3, -0.25) is 0 Å². The lowest BCUT2D eigenvalue weighted by molar-refractivity contribution is 0.748. The fourth-order valence-corrected chi connectivity index (χ4v) is 3.43. The van der Waals surface area contributed by atoms with Crippen molar-refractivity contribution in [3.8, 4) is 6.07 Å². The van der Waals surface area contributed by atoms with Crippen molar-refractivity contribution in [2.75, 3.05) is 0 Å². The van der Waals surface area contributed by atoms with Gasteiger partial charge in [0.05, 0.1) is 24.4 Å². The molecule has 0 fully saturated rings. The van der Waals surface area contributed by atoms with Crippen LogP contribution in [0.5, 0.6) is 0 Å². The number of nitrogens with zero attached hydrogens (tertiary/aromatic N) is 3. The summed E-state index contributed by atoms with van der Waals surface area (Å²) in [6.45, 7) is 1.33. The van der Waals surface area contributed by atoms with E-state index >= 15 is 0 Å². The number of halogens is 1. The molecule has 0 aliphatic heterocycles. The summed E-state index contributed by atoms with van der Waals surface area (Å²) in [5, 5.41) is 15.4. The normalized spacial score (nSPS) is 11.0. The molecular formula is C24H19ClN4. The summed E-state index contributed by atoms with van der Waals surface area (Å²) < 4.78 is 2.19. The van der Waals surface area contributed by atoms with Gasteiger partial charge in [-0.25, -0.2) is 0 Å². The zero-order valence-corrected chi connectivity index (χ0v) is 16.5. The molecule has 0 unspecified atom stereocenters. The fourth-order valence-electron chi connectivity index (χ4n) is 3.30. The molecule has 5 heteroatoms. The number of rotatable bonds is 6. The van der Waals surface area contributed by atoms with Gasteiger partial charge in [-0.15, -0.1) is 0 Å². The number of para-hydroxylation sites is 1. The van der Waals surface area contributed by atoms with E-state index in [4.69, 9.17) is 16.9 Å². The van der Waals surface area contributed by atoms with E-state index in [1.54, 1.807) is 0 Å². The molecule has 0 amide bonds. The lowest BCUT2D eigenvalue weighted by Gasteiger charge is -2.05. The first-order valence-corrected chi connectivity index (χ1v) is 9.68. The second-order valence-corrected chi connectivity index (χ2v) is 7.20. The summed E-state index contributed by atoms with van der Waals surface area (Å²) in [6.07, 6.45) is 3.94. The average Bonchev–Trinajstić information content (AvgIpc) is 3.10. The van der Waals surface area contributed by atoms with Crippen molar-refractivity contribution < 1.29 is 0 Å². The van der Waals surface area contributed by atoms with E-state index in [-0.39, 0.29) is 0 Å². The SMILES string of the molecule is N#Cc1cccc(Cn2cc(/C=N\NCc3ccc(Cl)cc3)c3ccccc32)c1. The van der Waals surface area contributed by atoms with Crippen LogP contribution in [0.2, 0.25) is 5.02 Å². The van der Waals surface area contributed by atoms with E-state index in [0.717, 1.165) is 32.6 Å². The smallest absolute Gasteiger partial charge is 0.0991 e. The van der Waals surface area contributed by atoms with Gasteiger partial charge in [0.25, 0.3) is 0 Å². The van der Waals surface area contributed by atoms with Crippen LogP contribution in [0, 0.1) is 11.3 Å². The standard InChI is InChI=1S/C24H19ClN4/c25-22-10-8-18(9-11-22)14-27-28-15-21-17-29(24-7-2-1-6-23(21)24)16-20-5-3-4-19(12-20)13-26/h1-12,15,17,27H,14,16H2/b28-15-. The molecular weight excluding hydrogens is 380 g/mol. The Labute approximate surface area is 174 Å². The number of hydrogen-bond acceptors (Lipinski definition) is 3. The Hall–Kier alpha value is -3.55. The van der Waals surface area contributed by atoms with E-state index in [1.807, 2.05) is 66.9 Å². The quantitative estimate of drug-likeness (QED) is 0.352. The third-order valence-electron chi connectivity index (χ3n) is 4.72. The molecule has 1 N–H and O–H groups in total. The van der Waals surface area contributed by atoms with Crippen molar-refractivity contribution in [1.29, 1.82) is 5.26 Å². The van der Waals surface area contributed by atoms with Gasteiger partial charge in [-0.05, 0) is 41.5 Å². The van der Waals surface area contributed by atoms with Crippen LogP contribution in [-0.4, -0.2) is 10.8 Å². The van der Waals surface area contributed by atoms with Crippen molar-refractivity contribution in [3.05, 3.63) is 106 Å². The Morgan fingerprint density at radius 3 is 2.66 bits per heavy atom. The van der Waals surface area contributed by atoms with Gasteiger partial charge >= 0.3 is 0 Å². The Morgan fingerprint density at radius 1 is 1.00 bits per heavy atom. The van der Waals surface area contributed by atoms with E-state index in [1.165, 1.54) is 0 Å². The van der Waals surface area contributed by atoms with E-state index in [9.17, 15) is 0 Å². The van der Waals surface area contributed by atoms with E-state index in [0.29, 0.717) is 18.7 Å². The van der Waals surface area contributed by atoms with Crippen molar-refractivity contribution in [3.63, 3.8) is 0 Å². The van der Waals surface area contributed by atoms with Crippen molar-refractivity contribution in [2.24, 2.45) is 5.10 Å². The number of hydrogen-bond donors (Lipinski definition) is 1. The highest BCUT2D eigenvalue weighted by molar-refractivity contribution is 6.30. The number of nitrogens with one attached hydrogen (secondary N) is 1. The number of hydrazone groups is 1. The van der Waals surface area contributed by atoms with Gasteiger partial charge in [0, 0.05) is 34.2 Å². The van der Waals surface area contributed by atoms with Gasteiger partial charge in [0.1, 0.15) is 0 Å². The van der Waals surface area contributed by atoms with Crippen LogP contribution >= 0.6 is 11.6 Å². The maximum Gasteiger partial charge on any atom is 0.0991 e. The second kappa shape index (κ2) is 8.64. The highest BCUT2D eigenvalue weighted by atomic mass is 35.5. The summed E-state index contributed by atoms with van der Waals surface area (Å²) in [5.41, 5.74) is 8.15. The first-order chi connectivity index (χ1) is 14.2. The zero-order valence-electron chi connectivity index (χ0n) is 15.7. The molecule has 0 spiro atoms. The molecule has 0 atom stereocenters. The first kappa shape index (κ1) is 18.8. The maximum atomic E-state index is 9.13. The molecule has 0 aliphatic rings. The average molecular weight is 399 g/mol. The number of aromatic nitrogens is 1. The summed E-state index contributed by atoms with van der Waals surface area (Å²) >= 11 is 5.92. The minimum atomic E-state index is 0.632. The largest absolute Gasteiger partial charge is 0.342 e. The molecule has 1 heterocycles. The number of nitriles is 1. The third kappa shape index (κ3) is 4.48. The van der Waals surface area contributed by atoms with Crippen LogP contribution in [-0.2, 0) is 13.1 Å². The summed E-state index contributed by atoms with van der Waals surface area (Å²) in [4.78, 5) is 0. The molecule has 0 saturated heterocycles. The Kier molecular flexibility index (Phi) is 5.60. The molecule has 29 heavy (non-hydrogen) atoms. The zero-order chi connectivity index (χ0) is 20.1. The van der Waals surface area contributed by atoms with Crippen molar-refractivity contribution in [1.82, 2.24) is 9.99 Å². The van der Waals surface area contributed by atoms with Crippen LogP contribution in [0.15, 0.2) is 84.1 Å². The molecule has 4 aromatic rings. The molecule has 0 bridgehead atoms.